The Hall–Kier alpha value is -4.50. The fourth-order valence-electron chi connectivity index (χ4n) is 3.55. The first kappa shape index (κ1) is 26.6. The van der Waals surface area contributed by atoms with E-state index < -0.39 is 10.0 Å². The molecular formula is C29H28N2O6S. The maximum Gasteiger partial charge on any atom is 0.262 e. The number of amides is 1. The zero-order chi connectivity index (χ0) is 27.0. The average molecular weight is 533 g/mol. The Kier molecular flexibility index (Phi) is 8.50. The van der Waals surface area contributed by atoms with E-state index in [0.717, 1.165) is 0 Å². The number of hydrogen-bond acceptors (Lipinski definition) is 6. The van der Waals surface area contributed by atoms with Crippen LogP contribution >= 0.6 is 0 Å². The lowest BCUT2D eigenvalue weighted by atomic mass is 10.2. The van der Waals surface area contributed by atoms with E-state index in [4.69, 9.17) is 14.2 Å². The highest BCUT2D eigenvalue weighted by Gasteiger charge is 2.17. The minimum absolute atomic E-state index is 0.0766. The number of aryl methyl sites for hydroxylation is 1. The largest absolute Gasteiger partial charge is 0.494 e. The molecular weight excluding hydrogens is 504 g/mol. The molecule has 4 aromatic carbocycles. The van der Waals surface area contributed by atoms with E-state index in [1.165, 1.54) is 18.2 Å². The lowest BCUT2D eigenvalue weighted by Crippen LogP contribution is -2.20. The number of benzene rings is 4. The predicted molar refractivity (Wildman–Crippen MR) is 147 cm³/mol. The van der Waals surface area contributed by atoms with Gasteiger partial charge in [0, 0.05) is 5.69 Å². The molecule has 4 rings (SSSR count). The Bertz CT molecular complexity index is 1490. The molecule has 0 unspecified atom stereocenters. The van der Waals surface area contributed by atoms with E-state index in [1.54, 1.807) is 49.4 Å². The zero-order valence-corrected chi connectivity index (χ0v) is 21.8. The van der Waals surface area contributed by atoms with E-state index in [0.29, 0.717) is 46.5 Å². The topological polar surface area (TPSA) is 103 Å². The van der Waals surface area contributed by atoms with Gasteiger partial charge in [0.05, 0.1) is 17.2 Å². The molecule has 0 saturated carbocycles. The first-order valence-corrected chi connectivity index (χ1v) is 13.4. The molecule has 8 nitrogen and oxygen atoms in total. The lowest BCUT2D eigenvalue weighted by Gasteiger charge is -2.14. The lowest BCUT2D eigenvalue weighted by molar-refractivity contribution is -0.118. The third-order valence-corrected chi connectivity index (χ3v) is 6.74. The summed E-state index contributed by atoms with van der Waals surface area (Å²) in [5.41, 5.74) is 1.49. The van der Waals surface area contributed by atoms with Crippen LogP contribution in [0.2, 0.25) is 0 Å². The number of sulfonamides is 1. The van der Waals surface area contributed by atoms with Crippen LogP contribution in [0.5, 0.6) is 23.0 Å². The number of ether oxygens (including phenoxy) is 3. The van der Waals surface area contributed by atoms with Gasteiger partial charge in [-0.25, -0.2) is 8.42 Å². The van der Waals surface area contributed by atoms with Crippen LogP contribution in [0.4, 0.5) is 11.4 Å². The molecule has 4 aromatic rings. The molecule has 0 heterocycles. The van der Waals surface area contributed by atoms with E-state index in [1.807, 2.05) is 43.3 Å². The van der Waals surface area contributed by atoms with Gasteiger partial charge in [0.25, 0.3) is 15.9 Å². The second-order valence-corrected chi connectivity index (χ2v) is 9.92. The summed E-state index contributed by atoms with van der Waals surface area (Å²) < 4.78 is 45.2. The van der Waals surface area contributed by atoms with E-state index in [-0.39, 0.29) is 17.4 Å². The smallest absolute Gasteiger partial charge is 0.262 e. The van der Waals surface area contributed by atoms with Crippen molar-refractivity contribution in [3.05, 3.63) is 103 Å². The Morgan fingerprint density at radius 2 is 1.50 bits per heavy atom. The normalized spacial score (nSPS) is 10.9. The fraction of sp³-hybridized carbons (Fsp3) is 0.138. The van der Waals surface area contributed by atoms with E-state index >= 15 is 0 Å². The molecule has 0 aliphatic carbocycles. The first-order chi connectivity index (χ1) is 18.3. The van der Waals surface area contributed by atoms with Crippen LogP contribution in [0, 0.1) is 6.92 Å². The van der Waals surface area contributed by atoms with Gasteiger partial charge in [-0.15, -0.1) is 0 Å². The van der Waals surface area contributed by atoms with Gasteiger partial charge in [0.2, 0.25) is 0 Å². The summed E-state index contributed by atoms with van der Waals surface area (Å²) in [6.07, 6.45) is 0. The van der Waals surface area contributed by atoms with Gasteiger partial charge in [0.1, 0.15) is 17.2 Å². The average Bonchev–Trinajstić information content (AvgIpc) is 2.91. The second kappa shape index (κ2) is 12.2. The van der Waals surface area contributed by atoms with Crippen LogP contribution < -0.4 is 24.2 Å². The van der Waals surface area contributed by atoms with Crippen molar-refractivity contribution in [3.63, 3.8) is 0 Å². The van der Waals surface area contributed by atoms with Crippen molar-refractivity contribution in [1.29, 1.82) is 0 Å². The van der Waals surface area contributed by atoms with Crippen LogP contribution in [0.1, 0.15) is 12.5 Å². The molecule has 9 heteroatoms. The molecule has 2 N–H and O–H groups in total. The Balaban J connectivity index is 1.37. The molecule has 38 heavy (non-hydrogen) atoms. The highest BCUT2D eigenvalue weighted by atomic mass is 32.2. The van der Waals surface area contributed by atoms with Crippen LogP contribution in [0.3, 0.4) is 0 Å². The van der Waals surface area contributed by atoms with Gasteiger partial charge in [0.15, 0.2) is 12.4 Å². The molecule has 0 bridgehead atoms. The zero-order valence-electron chi connectivity index (χ0n) is 21.0. The van der Waals surface area contributed by atoms with Crippen molar-refractivity contribution in [2.75, 3.05) is 23.3 Å². The van der Waals surface area contributed by atoms with Crippen LogP contribution in [-0.4, -0.2) is 27.5 Å². The van der Waals surface area contributed by atoms with E-state index in [9.17, 15) is 13.2 Å². The summed E-state index contributed by atoms with van der Waals surface area (Å²) in [4.78, 5) is 12.7. The molecule has 0 aromatic heterocycles. The highest BCUT2D eigenvalue weighted by Crippen LogP contribution is 2.29. The molecule has 0 atom stereocenters. The molecule has 196 valence electrons. The van der Waals surface area contributed by atoms with Gasteiger partial charge in [-0.05, 0) is 86.1 Å². The Morgan fingerprint density at radius 3 is 2.21 bits per heavy atom. The monoisotopic (exact) mass is 532 g/mol. The molecule has 0 fully saturated rings. The second-order valence-electron chi connectivity index (χ2n) is 8.24. The molecule has 0 saturated heterocycles. The van der Waals surface area contributed by atoms with Gasteiger partial charge < -0.3 is 19.5 Å². The number of nitrogens with one attached hydrogen (secondary N) is 2. The van der Waals surface area contributed by atoms with Gasteiger partial charge >= 0.3 is 0 Å². The van der Waals surface area contributed by atoms with Crippen LogP contribution in [-0.2, 0) is 14.8 Å². The quantitative estimate of drug-likeness (QED) is 0.245. The molecule has 1 amide bonds. The number of carbonyl (C=O) groups is 1. The molecule has 0 aliphatic heterocycles. The predicted octanol–water partition coefficient (Wildman–Crippen LogP) is 6.00. The van der Waals surface area contributed by atoms with Crippen molar-refractivity contribution < 1.29 is 27.4 Å². The summed E-state index contributed by atoms with van der Waals surface area (Å²) in [5, 5.41) is 2.79. The number of para-hydroxylation sites is 3. The summed E-state index contributed by atoms with van der Waals surface area (Å²) in [6.45, 7) is 3.85. The first-order valence-electron chi connectivity index (χ1n) is 11.9. The maximum absolute atomic E-state index is 12.8. The van der Waals surface area contributed by atoms with Crippen molar-refractivity contribution in [2.24, 2.45) is 0 Å². The SMILES string of the molecule is CCOc1ccc(NS(=O)(=O)c2ccc(OCC(=O)Nc3ccccc3Oc3ccccc3)c(C)c2)cc1. The number of hydrogen-bond donors (Lipinski definition) is 2. The minimum Gasteiger partial charge on any atom is -0.494 e. The molecule has 0 spiro atoms. The standard InChI is InChI=1S/C29H28N2O6S/c1-3-35-23-15-13-22(14-16-23)31-38(33,34)25-17-18-27(21(2)19-25)36-20-29(32)30-26-11-7-8-12-28(26)37-24-9-5-4-6-10-24/h4-19,31H,3,20H2,1-2H3,(H,30,32). The summed E-state index contributed by atoms with van der Waals surface area (Å²) in [5.74, 6) is 1.81. The number of rotatable bonds is 11. The van der Waals surface area contributed by atoms with Crippen molar-refractivity contribution in [3.8, 4) is 23.0 Å². The Labute approximate surface area is 222 Å². The summed E-state index contributed by atoms with van der Waals surface area (Å²) >= 11 is 0. The van der Waals surface area contributed by atoms with Crippen molar-refractivity contribution in [1.82, 2.24) is 0 Å². The van der Waals surface area contributed by atoms with E-state index in [2.05, 4.69) is 10.0 Å². The van der Waals surface area contributed by atoms with Gasteiger partial charge in [-0.2, -0.15) is 0 Å². The third kappa shape index (κ3) is 7.04. The molecule has 0 radical (unpaired) electrons. The summed E-state index contributed by atoms with van der Waals surface area (Å²) in [7, 11) is -3.82. The number of carbonyl (C=O) groups excluding carboxylic acids is 1. The van der Waals surface area contributed by atoms with Crippen molar-refractivity contribution >= 4 is 27.3 Å². The third-order valence-electron chi connectivity index (χ3n) is 5.37. The fourth-order valence-corrected chi connectivity index (χ4v) is 4.70. The van der Waals surface area contributed by atoms with Crippen LogP contribution in [0.15, 0.2) is 102 Å². The van der Waals surface area contributed by atoms with Gasteiger partial charge in [-0.1, -0.05) is 30.3 Å². The Morgan fingerprint density at radius 1 is 0.789 bits per heavy atom. The maximum atomic E-state index is 12.8. The summed E-state index contributed by atoms with van der Waals surface area (Å²) in [6, 6.07) is 27.5. The number of anilines is 2. The molecule has 0 aliphatic rings. The highest BCUT2D eigenvalue weighted by molar-refractivity contribution is 7.92. The van der Waals surface area contributed by atoms with Crippen LogP contribution in [0.25, 0.3) is 0 Å². The van der Waals surface area contributed by atoms with Gasteiger partial charge in [-0.3, -0.25) is 9.52 Å². The van der Waals surface area contributed by atoms with Crippen molar-refractivity contribution in [2.45, 2.75) is 18.7 Å². The minimum atomic E-state index is -3.82.